The molecule has 1 atom stereocenters. The van der Waals surface area contributed by atoms with Gasteiger partial charge in [0.25, 0.3) is 0 Å². The Morgan fingerprint density at radius 3 is 3.18 bits per heavy atom. The lowest BCUT2D eigenvalue weighted by molar-refractivity contribution is 0.369. The molecular formula is C13H16N4. The highest BCUT2D eigenvalue weighted by molar-refractivity contribution is 5.56. The number of rotatable bonds is 1. The largest absolute Gasteiger partial charge is 0.369 e. The second-order valence-electron chi connectivity index (χ2n) is 5.08. The van der Waals surface area contributed by atoms with Crippen LogP contribution in [0.15, 0.2) is 18.3 Å². The minimum atomic E-state index is 0.433. The zero-order valence-corrected chi connectivity index (χ0v) is 9.82. The van der Waals surface area contributed by atoms with Crippen molar-refractivity contribution in [3.8, 4) is 6.07 Å². The van der Waals surface area contributed by atoms with E-state index in [0.29, 0.717) is 11.1 Å². The van der Waals surface area contributed by atoms with Gasteiger partial charge in [-0.25, -0.2) is 4.98 Å². The summed E-state index contributed by atoms with van der Waals surface area (Å²) < 4.78 is 0. The molecule has 2 saturated heterocycles. The number of hydrogen-bond acceptors (Lipinski definition) is 4. The maximum Gasteiger partial charge on any atom is 0.163 e. The van der Waals surface area contributed by atoms with Gasteiger partial charge in [0.15, 0.2) is 5.69 Å². The van der Waals surface area contributed by atoms with Crippen molar-refractivity contribution in [2.45, 2.75) is 12.8 Å². The topological polar surface area (TPSA) is 52.0 Å². The molecule has 1 aromatic rings. The number of anilines is 1. The number of pyridine rings is 1. The Hall–Kier alpha value is -1.60. The lowest BCUT2D eigenvalue weighted by atomic mass is 9.86. The lowest BCUT2D eigenvalue weighted by Crippen LogP contribution is -2.29. The molecule has 0 aliphatic carbocycles. The summed E-state index contributed by atoms with van der Waals surface area (Å²) in [5.74, 6) is 0. The highest BCUT2D eigenvalue weighted by atomic mass is 15.2. The Kier molecular flexibility index (Phi) is 2.49. The Morgan fingerprint density at radius 2 is 2.41 bits per heavy atom. The Balaban J connectivity index is 1.85. The minimum absolute atomic E-state index is 0.433. The van der Waals surface area contributed by atoms with Crippen LogP contribution in [0.1, 0.15) is 18.5 Å². The first-order valence-corrected chi connectivity index (χ1v) is 6.14. The van der Waals surface area contributed by atoms with Gasteiger partial charge in [-0.15, -0.1) is 0 Å². The number of nitrogens with zero attached hydrogens (tertiary/aromatic N) is 3. The molecule has 0 bridgehead atoms. The van der Waals surface area contributed by atoms with E-state index in [1.165, 1.54) is 12.8 Å². The van der Waals surface area contributed by atoms with Crippen molar-refractivity contribution < 1.29 is 0 Å². The average molecular weight is 228 g/mol. The predicted molar refractivity (Wildman–Crippen MR) is 65.7 cm³/mol. The summed E-state index contributed by atoms with van der Waals surface area (Å²) >= 11 is 0. The molecule has 1 unspecified atom stereocenters. The van der Waals surface area contributed by atoms with Crippen molar-refractivity contribution >= 4 is 5.69 Å². The molecule has 3 heterocycles. The normalized spacial score (nSPS) is 27.6. The number of hydrogen-bond donors (Lipinski definition) is 1. The minimum Gasteiger partial charge on any atom is -0.369 e. The molecule has 0 aromatic carbocycles. The number of nitriles is 1. The van der Waals surface area contributed by atoms with Crippen molar-refractivity contribution in [1.29, 1.82) is 5.26 Å². The molecule has 2 fully saturated rings. The van der Waals surface area contributed by atoms with Gasteiger partial charge < -0.3 is 10.2 Å². The van der Waals surface area contributed by atoms with Gasteiger partial charge in [-0.05, 0) is 31.5 Å². The van der Waals surface area contributed by atoms with Gasteiger partial charge in [-0.2, -0.15) is 5.26 Å². The fraction of sp³-hybridized carbons (Fsp3) is 0.538. The van der Waals surface area contributed by atoms with Gasteiger partial charge in [0.1, 0.15) is 6.07 Å². The van der Waals surface area contributed by atoms with Gasteiger partial charge in [-0.3, -0.25) is 0 Å². The quantitative estimate of drug-likeness (QED) is 0.783. The summed E-state index contributed by atoms with van der Waals surface area (Å²) in [6.45, 7) is 4.35. The van der Waals surface area contributed by atoms with E-state index in [4.69, 9.17) is 5.26 Å². The molecule has 1 N–H and O–H groups in total. The van der Waals surface area contributed by atoms with E-state index in [1.54, 1.807) is 6.20 Å². The zero-order valence-electron chi connectivity index (χ0n) is 9.82. The molecule has 0 amide bonds. The highest BCUT2D eigenvalue weighted by Gasteiger charge is 2.40. The lowest BCUT2D eigenvalue weighted by Gasteiger charge is -2.24. The fourth-order valence-corrected chi connectivity index (χ4v) is 3.02. The molecule has 4 heteroatoms. The van der Waals surface area contributed by atoms with E-state index >= 15 is 0 Å². The Bertz CT molecular complexity index is 457. The third-order valence-corrected chi connectivity index (χ3v) is 4.00. The molecule has 2 aliphatic rings. The van der Waals surface area contributed by atoms with Crippen LogP contribution in [0.2, 0.25) is 0 Å². The molecule has 2 aliphatic heterocycles. The molecule has 3 rings (SSSR count). The standard InChI is InChI=1S/C13H16N4/c14-8-11-12(2-1-5-16-11)17-7-4-13(10-17)3-6-15-9-13/h1-2,5,15H,3-4,6-7,9-10H2. The van der Waals surface area contributed by atoms with Gasteiger partial charge >= 0.3 is 0 Å². The zero-order chi connectivity index (χ0) is 11.7. The summed E-state index contributed by atoms with van der Waals surface area (Å²) in [7, 11) is 0. The summed E-state index contributed by atoms with van der Waals surface area (Å²) in [5, 5.41) is 12.5. The Labute approximate surface area is 101 Å². The molecule has 4 nitrogen and oxygen atoms in total. The van der Waals surface area contributed by atoms with Gasteiger partial charge in [0.2, 0.25) is 0 Å². The fourth-order valence-electron chi connectivity index (χ4n) is 3.02. The second kappa shape index (κ2) is 4.01. The van der Waals surface area contributed by atoms with Gasteiger partial charge in [0.05, 0.1) is 5.69 Å². The van der Waals surface area contributed by atoms with Crippen molar-refractivity contribution in [2.24, 2.45) is 5.41 Å². The maximum atomic E-state index is 9.08. The second-order valence-corrected chi connectivity index (χ2v) is 5.08. The maximum absolute atomic E-state index is 9.08. The molecule has 17 heavy (non-hydrogen) atoms. The Morgan fingerprint density at radius 1 is 1.47 bits per heavy atom. The van der Waals surface area contributed by atoms with Crippen molar-refractivity contribution in [1.82, 2.24) is 10.3 Å². The van der Waals surface area contributed by atoms with E-state index < -0.39 is 0 Å². The van der Waals surface area contributed by atoms with Crippen LogP contribution >= 0.6 is 0 Å². The van der Waals surface area contributed by atoms with Crippen LogP contribution in [-0.4, -0.2) is 31.2 Å². The first-order chi connectivity index (χ1) is 8.33. The van der Waals surface area contributed by atoms with E-state index in [1.807, 2.05) is 12.1 Å². The summed E-state index contributed by atoms with van der Waals surface area (Å²) in [6, 6.07) is 6.10. The first-order valence-electron chi connectivity index (χ1n) is 6.14. The van der Waals surface area contributed by atoms with Crippen LogP contribution in [0.5, 0.6) is 0 Å². The SMILES string of the molecule is N#Cc1ncccc1N1CCC2(CCNC2)C1. The van der Waals surface area contributed by atoms with Crippen molar-refractivity contribution in [3.63, 3.8) is 0 Å². The molecular weight excluding hydrogens is 212 g/mol. The van der Waals surface area contributed by atoms with Crippen LogP contribution in [-0.2, 0) is 0 Å². The monoisotopic (exact) mass is 228 g/mol. The highest BCUT2D eigenvalue weighted by Crippen LogP contribution is 2.38. The molecule has 1 spiro atoms. The van der Waals surface area contributed by atoms with Crippen LogP contribution in [0.4, 0.5) is 5.69 Å². The van der Waals surface area contributed by atoms with Gasteiger partial charge in [-0.1, -0.05) is 0 Å². The number of nitrogens with one attached hydrogen (secondary N) is 1. The summed E-state index contributed by atoms with van der Waals surface area (Å²) in [6.07, 6.45) is 4.16. The van der Waals surface area contributed by atoms with Crippen LogP contribution in [0.25, 0.3) is 0 Å². The smallest absolute Gasteiger partial charge is 0.163 e. The van der Waals surface area contributed by atoms with E-state index in [0.717, 1.165) is 31.9 Å². The predicted octanol–water partition coefficient (Wildman–Crippen LogP) is 1.14. The van der Waals surface area contributed by atoms with Crippen molar-refractivity contribution in [2.75, 3.05) is 31.1 Å². The summed E-state index contributed by atoms with van der Waals surface area (Å²) in [5.41, 5.74) is 1.98. The van der Waals surface area contributed by atoms with E-state index in [2.05, 4.69) is 21.3 Å². The summed E-state index contributed by atoms with van der Waals surface area (Å²) in [4.78, 5) is 6.46. The number of aromatic nitrogens is 1. The third kappa shape index (κ3) is 1.77. The first kappa shape index (κ1) is 10.5. The molecule has 0 radical (unpaired) electrons. The molecule has 0 saturated carbocycles. The van der Waals surface area contributed by atoms with Crippen LogP contribution < -0.4 is 10.2 Å². The van der Waals surface area contributed by atoms with Crippen molar-refractivity contribution in [3.05, 3.63) is 24.0 Å². The van der Waals surface area contributed by atoms with Gasteiger partial charge in [0, 0.05) is 31.2 Å². The van der Waals surface area contributed by atoms with Crippen LogP contribution in [0, 0.1) is 16.7 Å². The van der Waals surface area contributed by atoms with E-state index in [-0.39, 0.29) is 0 Å². The van der Waals surface area contributed by atoms with E-state index in [9.17, 15) is 0 Å². The average Bonchev–Trinajstić information content (AvgIpc) is 3.00. The van der Waals surface area contributed by atoms with Crippen LogP contribution in [0.3, 0.4) is 0 Å². The molecule has 1 aromatic heterocycles. The third-order valence-electron chi connectivity index (χ3n) is 4.00. The molecule has 88 valence electrons.